The van der Waals surface area contributed by atoms with Crippen molar-refractivity contribution in [2.75, 3.05) is 25.1 Å². The van der Waals surface area contributed by atoms with Gasteiger partial charge in [-0.15, -0.1) is 0 Å². The number of nitrogens with zero attached hydrogens (tertiary/aromatic N) is 1. The molecule has 1 heterocycles. The van der Waals surface area contributed by atoms with E-state index in [0.29, 0.717) is 18.7 Å². The normalized spacial score (nSPS) is 15.9. The lowest BCUT2D eigenvalue weighted by atomic mass is 10.0. The number of benzene rings is 1. The number of carbonyl (C=O) groups is 1. The number of carbonyl (C=O) groups excluding carboxylic acids is 1. The van der Waals surface area contributed by atoms with Crippen molar-refractivity contribution in [2.24, 2.45) is 0 Å². The van der Waals surface area contributed by atoms with Crippen LogP contribution in [-0.4, -0.2) is 26.2 Å². The first-order chi connectivity index (χ1) is 9.91. The van der Waals surface area contributed by atoms with Crippen LogP contribution in [0.15, 0.2) is 18.2 Å². The van der Waals surface area contributed by atoms with Gasteiger partial charge in [0, 0.05) is 18.8 Å². The van der Waals surface area contributed by atoms with Crippen molar-refractivity contribution < 1.29 is 22.7 Å². The fourth-order valence-electron chi connectivity index (χ4n) is 2.57. The second kappa shape index (κ2) is 6.37. The van der Waals surface area contributed by atoms with Gasteiger partial charge in [-0.25, -0.2) is 0 Å². The van der Waals surface area contributed by atoms with Crippen LogP contribution in [0.2, 0.25) is 0 Å². The summed E-state index contributed by atoms with van der Waals surface area (Å²) < 4.78 is 44.3. The molecule has 0 spiro atoms. The molecule has 0 aromatic heterocycles. The molecule has 2 rings (SSSR count). The van der Waals surface area contributed by atoms with Crippen LogP contribution in [0, 0.1) is 0 Å². The van der Waals surface area contributed by atoms with E-state index in [1.807, 2.05) is 0 Å². The molecule has 0 aliphatic carbocycles. The first-order valence-corrected chi connectivity index (χ1v) is 6.93. The third-order valence-corrected chi connectivity index (χ3v) is 3.64. The molecule has 0 bridgehead atoms. The van der Waals surface area contributed by atoms with Crippen molar-refractivity contribution in [1.29, 1.82) is 0 Å². The lowest BCUT2D eigenvalue weighted by Gasteiger charge is -2.31. The summed E-state index contributed by atoms with van der Waals surface area (Å²) in [6.45, 7) is 1.28. The minimum absolute atomic E-state index is 0.153. The third kappa shape index (κ3) is 3.89. The maximum Gasteiger partial charge on any atom is 0.418 e. The highest BCUT2D eigenvalue weighted by atomic mass is 19.4. The Morgan fingerprint density at radius 2 is 1.90 bits per heavy atom. The number of ether oxygens (including phenoxy) is 1. The Morgan fingerprint density at radius 1 is 1.24 bits per heavy atom. The number of esters is 1. The Kier molecular flexibility index (Phi) is 4.75. The Labute approximate surface area is 121 Å². The van der Waals surface area contributed by atoms with E-state index in [1.165, 1.54) is 13.2 Å². The largest absolute Gasteiger partial charge is 0.469 e. The van der Waals surface area contributed by atoms with Crippen LogP contribution in [0.4, 0.5) is 18.9 Å². The van der Waals surface area contributed by atoms with Gasteiger partial charge in [0.2, 0.25) is 0 Å². The number of hydrogen-bond donors (Lipinski definition) is 0. The van der Waals surface area contributed by atoms with Crippen molar-refractivity contribution in [1.82, 2.24) is 0 Å². The van der Waals surface area contributed by atoms with Crippen molar-refractivity contribution in [3.05, 3.63) is 29.3 Å². The number of rotatable bonds is 3. The molecule has 0 amide bonds. The van der Waals surface area contributed by atoms with E-state index in [1.54, 1.807) is 11.0 Å². The standard InChI is InChI=1S/C15H18F3NO2/c1-21-14(20)10-11-5-6-13(12(9-11)15(16,17)18)19-7-3-2-4-8-19/h5-6,9H,2-4,7-8,10H2,1H3. The van der Waals surface area contributed by atoms with Gasteiger partial charge in [0.05, 0.1) is 19.1 Å². The average Bonchev–Trinajstić information content (AvgIpc) is 2.47. The lowest BCUT2D eigenvalue weighted by Crippen LogP contribution is -2.31. The van der Waals surface area contributed by atoms with Crippen molar-refractivity contribution >= 4 is 11.7 Å². The van der Waals surface area contributed by atoms with Gasteiger partial charge < -0.3 is 9.64 Å². The van der Waals surface area contributed by atoms with Gasteiger partial charge in [-0.05, 0) is 37.0 Å². The Hall–Kier alpha value is -1.72. The monoisotopic (exact) mass is 301 g/mol. The highest BCUT2D eigenvalue weighted by Gasteiger charge is 2.35. The molecule has 0 saturated carbocycles. The molecule has 1 aliphatic heterocycles. The number of methoxy groups -OCH3 is 1. The molecule has 6 heteroatoms. The van der Waals surface area contributed by atoms with Gasteiger partial charge in [-0.1, -0.05) is 6.07 Å². The second-order valence-corrected chi connectivity index (χ2v) is 5.15. The zero-order valence-corrected chi connectivity index (χ0v) is 11.9. The van der Waals surface area contributed by atoms with E-state index < -0.39 is 17.7 Å². The molecular weight excluding hydrogens is 283 g/mol. The molecule has 116 valence electrons. The van der Waals surface area contributed by atoms with Gasteiger partial charge in [-0.3, -0.25) is 4.79 Å². The predicted molar refractivity (Wildman–Crippen MR) is 73.2 cm³/mol. The molecule has 0 N–H and O–H groups in total. The molecule has 1 aromatic rings. The summed E-state index contributed by atoms with van der Waals surface area (Å²) in [5.41, 5.74) is -0.156. The average molecular weight is 301 g/mol. The Bertz CT molecular complexity index is 508. The summed E-state index contributed by atoms with van der Waals surface area (Å²) in [4.78, 5) is 13.0. The molecule has 0 unspecified atom stereocenters. The van der Waals surface area contributed by atoms with Gasteiger partial charge in [0.25, 0.3) is 0 Å². The quantitative estimate of drug-likeness (QED) is 0.801. The zero-order valence-electron chi connectivity index (χ0n) is 11.9. The van der Waals surface area contributed by atoms with Crippen LogP contribution < -0.4 is 4.90 Å². The minimum atomic E-state index is -4.43. The molecule has 0 radical (unpaired) electrons. The maximum atomic E-state index is 13.3. The lowest BCUT2D eigenvalue weighted by molar-refractivity contribution is -0.140. The van der Waals surface area contributed by atoms with Gasteiger partial charge >= 0.3 is 12.1 Å². The molecule has 0 atom stereocenters. The fourth-order valence-corrected chi connectivity index (χ4v) is 2.57. The van der Waals surface area contributed by atoms with Crippen LogP contribution >= 0.6 is 0 Å². The van der Waals surface area contributed by atoms with E-state index in [0.717, 1.165) is 25.3 Å². The maximum absolute atomic E-state index is 13.3. The number of alkyl halides is 3. The molecule has 1 aliphatic rings. The molecule has 1 aromatic carbocycles. The van der Waals surface area contributed by atoms with E-state index in [9.17, 15) is 18.0 Å². The number of halogens is 3. The number of hydrogen-bond acceptors (Lipinski definition) is 3. The molecule has 21 heavy (non-hydrogen) atoms. The smallest absolute Gasteiger partial charge is 0.418 e. The molecule has 1 saturated heterocycles. The van der Waals surface area contributed by atoms with Crippen molar-refractivity contribution in [3.8, 4) is 0 Å². The van der Waals surface area contributed by atoms with Gasteiger partial charge in [-0.2, -0.15) is 13.2 Å². The van der Waals surface area contributed by atoms with Gasteiger partial charge in [0.15, 0.2) is 0 Å². The van der Waals surface area contributed by atoms with E-state index in [4.69, 9.17) is 0 Å². The molecule has 1 fully saturated rings. The fraction of sp³-hybridized carbons (Fsp3) is 0.533. The highest BCUT2D eigenvalue weighted by molar-refractivity contribution is 5.73. The Balaban J connectivity index is 2.33. The van der Waals surface area contributed by atoms with Crippen molar-refractivity contribution in [3.63, 3.8) is 0 Å². The summed E-state index contributed by atoms with van der Waals surface area (Å²) in [7, 11) is 1.22. The van der Waals surface area contributed by atoms with Gasteiger partial charge in [0.1, 0.15) is 0 Å². The summed E-state index contributed by atoms with van der Waals surface area (Å²) in [6.07, 6.45) is -1.72. The van der Waals surface area contributed by atoms with E-state index >= 15 is 0 Å². The summed E-state index contributed by atoms with van der Waals surface area (Å²) >= 11 is 0. The summed E-state index contributed by atoms with van der Waals surface area (Å²) in [6, 6.07) is 4.09. The first-order valence-electron chi connectivity index (χ1n) is 6.93. The highest BCUT2D eigenvalue weighted by Crippen LogP contribution is 2.38. The minimum Gasteiger partial charge on any atom is -0.469 e. The van der Waals surface area contributed by atoms with Crippen molar-refractivity contribution in [2.45, 2.75) is 31.9 Å². The van der Waals surface area contributed by atoms with Crippen LogP contribution in [0.25, 0.3) is 0 Å². The summed E-state index contributed by atoms with van der Waals surface area (Å²) in [5.74, 6) is -0.547. The SMILES string of the molecule is COC(=O)Cc1ccc(N2CCCCC2)c(C(F)(F)F)c1. The van der Waals surface area contributed by atoms with Crippen LogP contribution in [0.3, 0.4) is 0 Å². The second-order valence-electron chi connectivity index (χ2n) is 5.15. The Morgan fingerprint density at radius 3 is 2.48 bits per heavy atom. The van der Waals surface area contributed by atoms with E-state index in [-0.39, 0.29) is 12.1 Å². The predicted octanol–water partition coefficient (Wildman–Crippen LogP) is 3.41. The van der Waals surface area contributed by atoms with Crippen LogP contribution in [0.1, 0.15) is 30.4 Å². The van der Waals surface area contributed by atoms with Crippen LogP contribution in [0.5, 0.6) is 0 Å². The molecule has 3 nitrogen and oxygen atoms in total. The summed E-state index contributed by atoms with van der Waals surface area (Å²) in [5, 5.41) is 0. The third-order valence-electron chi connectivity index (χ3n) is 3.64. The van der Waals surface area contributed by atoms with E-state index in [2.05, 4.69) is 4.74 Å². The number of piperidine rings is 1. The first kappa shape index (κ1) is 15.7. The van der Waals surface area contributed by atoms with Crippen LogP contribution in [-0.2, 0) is 22.1 Å². The topological polar surface area (TPSA) is 29.5 Å². The zero-order chi connectivity index (χ0) is 15.5. The number of anilines is 1. The molecular formula is C15H18F3NO2.